The molecule has 58 valence electrons. The minimum absolute atomic E-state index is 0. The van der Waals surface area contributed by atoms with Gasteiger partial charge in [-0.1, -0.05) is 6.07 Å². The molecule has 11 heavy (non-hydrogen) atoms. The fourth-order valence-corrected chi connectivity index (χ4v) is 0.454. The molecule has 0 spiro atoms. The molecule has 0 heterocycles. The zero-order valence-electron chi connectivity index (χ0n) is 5.09. The van der Waals surface area contributed by atoms with Gasteiger partial charge >= 0.3 is 0 Å². The number of hydrogen-bond acceptors (Lipinski definition) is 0. The van der Waals surface area contributed by atoms with Crippen LogP contribution in [0, 0.1) is 29.3 Å². The second-order valence-electron chi connectivity index (χ2n) is 1.59. The Labute approximate surface area is 75.1 Å². The van der Waals surface area contributed by atoms with Crippen molar-refractivity contribution in [1.29, 1.82) is 0 Å². The summed E-state index contributed by atoms with van der Waals surface area (Å²) in [6, 6.07) is 1.35. The molecule has 0 bridgehead atoms. The maximum atomic E-state index is 11.9. The summed E-state index contributed by atoms with van der Waals surface area (Å²) >= 11 is 0. The molecule has 0 saturated heterocycles. The van der Waals surface area contributed by atoms with Gasteiger partial charge in [-0.2, -0.15) is 0 Å². The quantitative estimate of drug-likeness (QED) is 0.258. The van der Waals surface area contributed by atoms with Gasteiger partial charge in [0.2, 0.25) is 0 Å². The van der Waals surface area contributed by atoms with Crippen LogP contribution in [0.25, 0.3) is 0 Å². The normalized spacial score (nSPS) is 9.09. The fraction of sp³-hybridized carbons (Fsp3) is 0. The standard InChI is InChI=1S/C6HF4.Ti/c7-3-1-4(8)6(10)2-5(3)9;/h1H;/q-1;. The molecule has 0 saturated carbocycles. The number of benzene rings is 1. The average molecular weight is 197 g/mol. The van der Waals surface area contributed by atoms with Crippen molar-refractivity contribution in [2.24, 2.45) is 0 Å². The third kappa shape index (κ3) is 2.31. The molecular weight excluding hydrogens is 196 g/mol. The molecule has 0 N–H and O–H groups in total. The molecule has 1 aromatic rings. The molecule has 0 amide bonds. The van der Waals surface area contributed by atoms with Gasteiger partial charge in [0, 0.05) is 45.0 Å². The first-order valence-corrected chi connectivity index (χ1v) is 2.33. The van der Waals surface area contributed by atoms with Crippen molar-refractivity contribution in [1.82, 2.24) is 0 Å². The van der Waals surface area contributed by atoms with Crippen molar-refractivity contribution < 1.29 is 39.3 Å². The van der Waals surface area contributed by atoms with E-state index in [1.807, 2.05) is 0 Å². The maximum absolute atomic E-state index is 11.9. The predicted octanol–water partition coefficient (Wildman–Crippen LogP) is 2.04. The van der Waals surface area contributed by atoms with Crippen LogP contribution in [0.5, 0.6) is 0 Å². The first-order valence-electron chi connectivity index (χ1n) is 2.33. The Morgan fingerprint density at radius 2 is 1.27 bits per heavy atom. The van der Waals surface area contributed by atoms with Crippen molar-refractivity contribution >= 4 is 0 Å². The second kappa shape index (κ2) is 3.88. The molecular formula is C6HF4Ti-. The Balaban J connectivity index is 0.000001000. The van der Waals surface area contributed by atoms with Crippen molar-refractivity contribution in [2.45, 2.75) is 0 Å². The van der Waals surface area contributed by atoms with E-state index < -0.39 is 23.3 Å². The zero-order valence-corrected chi connectivity index (χ0v) is 6.65. The Kier molecular flexibility index (Phi) is 3.76. The van der Waals surface area contributed by atoms with Crippen LogP contribution in [0.15, 0.2) is 6.07 Å². The van der Waals surface area contributed by atoms with Gasteiger partial charge in [-0.15, -0.1) is 6.07 Å². The molecule has 0 aliphatic rings. The predicted molar refractivity (Wildman–Crippen MR) is 25.1 cm³/mol. The molecule has 0 unspecified atom stereocenters. The molecule has 5 heteroatoms. The molecule has 0 aliphatic heterocycles. The Morgan fingerprint density at radius 3 is 1.55 bits per heavy atom. The Morgan fingerprint density at radius 1 is 0.909 bits per heavy atom. The number of halogens is 4. The van der Waals surface area contributed by atoms with E-state index >= 15 is 0 Å². The van der Waals surface area contributed by atoms with Crippen molar-refractivity contribution in [3.05, 3.63) is 35.4 Å². The number of rotatable bonds is 0. The molecule has 1 rings (SSSR count). The molecule has 0 radical (unpaired) electrons. The van der Waals surface area contributed by atoms with E-state index in [9.17, 15) is 17.6 Å². The van der Waals surface area contributed by atoms with E-state index in [4.69, 9.17) is 0 Å². The zero-order chi connectivity index (χ0) is 7.72. The minimum Gasteiger partial charge on any atom is -0.281 e. The van der Waals surface area contributed by atoms with Gasteiger partial charge < -0.3 is 0 Å². The van der Waals surface area contributed by atoms with Crippen molar-refractivity contribution in [3.8, 4) is 0 Å². The summed E-state index contributed by atoms with van der Waals surface area (Å²) in [4.78, 5) is 0. The summed E-state index contributed by atoms with van der Waals surface area (Å²) < 4.78 is 47.7. The third-order valence-corrected chi connectivity index (χ3v) is 0.892. The molecule has 1 aromatic carbocycles. The van der Waals surface area contributed by atoms with Crippen LogP contribution in [0.4, 0.5) is 17.6 Å². The average Bonchev–Trinajstić information content (AvgIpc) is 1.84. The molecule has 0 aromatic heterocycles. The van der Waals surface area contributed by atoms with Crippen molar-refractivity contribution in [3.63, 3.8) is 0 Å². The van der Waals surface area contributed by atoms with E-state index in [0.29, 0.717) is 0 Å². The minimum atomic E-state index is -1.51. The van der Waals surface area contributed by atoms with E-state index in [0.717, 1.165) is 0 Å². The second-order valence-corrected chi connectivity index (χ2v) is 1.59. The van der Waals surface area contributed by atoms with Gasteiger partial charge in [0.05, 0.1) is 0 Å². The van der Waals surface area contributed by atoms with Crippen LogP contribution in [-0.4, -0.2) is 0 Å². The first kappa shape index (κ1) is 10.7. The van der Waals surface area contributed by atoms with Gasteiger partial charge in [-0.3, -0.25) is 8.78 Å². The van der Waals surface area contributed by atoms with E-state index in [-0.39, 0.29) is 27.8 Å². The fourth-order valence-electron chi connectivity index (χ4n) is 0.454. The van der Waals surface area contributed by atoms with Crippen LogP contribution in [0.2, 0.25) is 0 Å². The van der Waals surface area contributed by atoms with Gasteiger partial charge in [-0.05, 0) is 0 Å². The van der Waals surface area contributed by atoms with E-state index in [2.05, 4.69) is 0 Å². The summed E-state index contributed by atoms with van der Waals surface area (Å²) in [5.41, 5.74) is 0. The smallest absolute Gasteiger partial charge is 0.0481 e. The van der Waals surface area contributed by atoms with Crippen LogP contribution in [0.3, 0.4) is 0 Å². The number of hydrogen-bond donors (Lipinski definition) is 0. The van der Waals surface area contributed by atoms with Crippen LogP contribution >= 0.6 is 0 Å². The van der Waals surface area contributed by atoms with Gasteiger partial charge in [0.1, 0.15) is 0 Å². The summed E-state index contributed by atoms with van der Waals surface area (Å²) in [5, 5.41) is 0. The molecule has 0 aliphatic carbocycles. The summed E-state index contributed by atoms with van der Waals surface area (Å²) in [7, 11) is 0. The van der Waals surface area contributed by atoms with Crippen LogP contribution in [0.1, 0.15) is 0 Å². The molecule has 0 nitrogen and oxygen atoms in total. The topological polar surface area (TPSA) is 0 Å². The van der Waals surface area contributed by atoms with Gasteiger partial charge in [0.25, 0.3) is 0 Å². The van der Waals surface area contributed by atoms with E-state index in [1.54, 1.807) is 0 Å². The van der Waals surface area contributed by atoms with Crippen molar-refractivity contribution in [2.75, 3.05) is 0 Å². The van der Waals surface area contributed by atoms with Gasteiger partial charge in [-0.25, -0.2) is 8.78 Å². The largest absolute Gasteiger partial charge is 0.281 e. The summed E-state index contributed by atoms with van der Waals surface area (Å²) in [6.07, 6.45) is 0. The first-order chi connectivity index (χ1) is 4.61. The molecule has 0 fully saturated rings. The summed E-state index contributed by atoms with van der Waals surface area (Å²) in [5.74, 6) is -5.92. The monoisotopic (exact) mass is 197 g/mol. The Bertz CT molecular complexity index is 211. The third-order valence-electron chi connectivity index (χ3n) is 0.892. The van der Waals surface area contributed by atoms with E-state index in [1.165, 1.54) is 6.07 Å². The van der Waals surface area contributed by atoms with Crippen LogP contribution in [-0.2, 0) is 21.7 Å². The maximum Gasteiger partial charge on any atom is 0.0481 e. The van der Waals surface area contributed by atoms with Gasteiger partial charge in [0.15, 0.2) is 0 Å². The Hall–Kier alpha value is -0.346. The molecule has 0 atom stereocenters. The van der Waals surface area contributed by atoms with Crippen LogP contribution < -0.4 is 0 Å². The SMILES string of the molecule is Fc1[c-]c(F)c(F)cc1F.[Ti]. The summed E-state index contributed by atoms with van der Waals surface area (Å²) in [6.45, 7) is 0.